The van der Waals surface area contributed by atoms with Crippen molar-refractivity contribution in [2.75, 3.05) is 11.5 Å². The fourth-order valence-corrected chi connectivity index (χ4v) is 4.37. The lowest BCUT2D eigenvalue weighted by Crippen LogP contribution is -2.23. The smallest absolute Gasteiger partial charge is 0.128 e. The van der Waals surface area contributed by atoms with Crippen molar-refractivity contribution in [3.05, 3.63) is 29.3 Å². The Hall–Kier alpha value is -0.940. The summed E-state index contributed by atoms with van der Waals surface area (Å²) in [6, 6.07) is 3.56. The van der Waals surface area contributed by atoms with Crippen LogP contribution in [0.5, 0.6) is 0 Å². The Balaban J connectivity index is 2.16. The molecule has 1 atom stereocenters. The Morgan fingerprint density at radius 3 is 2.71 bits per heavy atom. The number of hydrogen-bond acceptors (Lipinski definition) is 2. The number of imidazole rings is 1. The summed E-state index contributed by atoms with van der Waals surface area (Å²) in [5.74, 6) is 1.95. The van der Waals surface area contributed by atoms with Crippen LogP contribution < -0.4 is 0 Å². The van der Waals surface area contributed by atoms with Crippen molar-refractivity contribution < 1.29 is 8.60 Å². The van der Waals surface area contributed by atoms with E-state index in [4.69, 9.17) is 11.6 Å². The topological polar surface area (TPSA) is 34.9 Å². The maximum absolute atomic E-state index is 13.8. The van der Waals surface area contributed by atoms with Gasteiger partial charge in [0.15, 0.2) is 0 Å². The lowest BCUT2D eigenvalue weighted by atomic mass is 10.1. The summed E-state index contributed by atoms with van der Waals surface area (Å²) in [6.07, 6.45) is 1.70. The predicted octanol–water partition coefficient (Wildman–Crippen LogP) is 3.87. The van der Waals surface area contributed by atoms with Crippen molar-refractivity contribution in [2.45, 2.75) is 38.1 Å². The molecule has 2 aromatic rings. The highest BCUT2D eigenvalue weighted by atomic mass is 35.5. The first kappa shape index (κ1) is 15.0. The van der Waals surface area contributed by atoms with Crippen LogP contribution in [-0.2, 0) is 10.8 Å². The number of hydrogen-bond donors (Lipinski definition) is 0. The first-order chi connectivity index (χ1) is 9.97. The number of rotatable bonds is 2. The quantitative estimate of drug-likeness (QED) is 0.784. The van der Waals surface area contributed by atoms with Crippen molar-refractivity contribution in [1.82, 2.24) is 9.55 Å². The molecule has 3 nitrogen and oxygen atoms in total. The van der Waals surface area contributed by atoms with E-state index in [1.54, 1.807) is 6.92 Å². The Kier molecular flexibility index (Phi) is 4.06. The summed E-state index contributed by atoms with van der Waals surface area (Å²) < 4.78 is 27.5. The molecule has 3 rings (SSSR count). The Labute approximate surface area is 131 Å². The van der Waals surface area contributed by atoms with Crippen LogP contribution in [0.25, 0.3) is 11.0 Å². The summed E-state index contributed by atoms with van der Waals surface area (Å²) in [5, 5.41) is -0.242. The maximum Gasteiger partial charge on any atom is 0.128 e. The zero-order valence-corrected chi connectivity index (χ0v) is 13.7. The minimum Gasteiger partial charge on any atom is -0.324 e. The van der Waals surface area contributed by atoms with E-state index in [-0.39, 0.29) is 17.2 Å². The van der Waals surface area contributed by atoms with E-state index in [0.717, 1.165) is 24.2 Å². The van der Waals surface area contributed by atoms with Gasteiger partial charge in [0, 0.05) is 34.4 Å². The van der Waals surface area contributed by atoms with E-state index in [1.165, 1.54) is 6.07 Å². The van der Waals surface area contributed by atoms with Crippen LogP contribution in [0.2, 0.25) is 0 Å². The van der Waals surface area contributed by atoms with Gasteiger partial charge in [-0.1, -0.05) is 0 Å². The second kappa shape index (κ2) is 5.69. The van der Waals surface area contributed by atoms with Crippen molar-refractivity contribution in [3.63, 3.8) is 0 Å². The summed E-state index contributed by atoms with van der Waals surface area (Å²) in [6.45, 7) is 3.63. The van der Waals surface area contributed by atoms with E-state index in [0.29, 0.717) is 22.6 Å². The highest BCUT2D eigenvalue weighted by molar-refractivity contribution is 7.85. The second-order valence-electron chi connectivity index (χ2n) is 5.63. The van der Waals surface area contributed by atoms with E-state index in [9.17, 15) is 8.60 Å². The molecule has 0 bridgehead atoms. The second-order valence-corrected chi connectivity index (χ2v) is 7.98. The monoisotopic (exact) mass is 328 g/mol. The molecule has 1 saturated heterocycles. The molecule has 6 heteroatoms. The highest BCUT2D eigenvalue weighted by Crippen LogP contribution is 2.33. The summed E-state index contributed by atoms with van der Waals surface area (Å²) in [5.41, 5.74) is 2.18. The number of aromatic nitrogens is 2. The lowest BCUT2D eigenvalue weighted by Gasteiger charge is -2.26. The fourth-order valence-electron chi connectivity index (χ4n) is 2.94. The van der Waals surface area contributed by atoms with Crippen LogP contribution in [-0.4, -0.2) is 25.3 Å². The number of nitrogens with zero attached hydrogens (tertiary/aromatic N) is 2. The molecule has 1 aromatic carbocycles. The summed E-state index contributed by atoms with van der Waals surface area (Å²) >= 11 is 6.27. The molecule has 21 heavy (non-hydrogen) atoms. The molecule has 0 amide bonds. The molecular formula is C15H18ClFN2OS. The number of alkyl halides is 1. The molecule has 1 fully saturated rings. The average molecular weight is 329 g/mol. The third-order valence-electron chi connectivity index (χ3n) is 4.08. The van der Waals surface area contributed by atoms with E-state index in [1.807, 2.05) is 13.0 Å². The predicted molar refractivity (Wildman–Crippen MR) is 84.8 cm³/mol. The van der Waals surface area contributed by atoms with E-state index >= 15 is 0 Å². The lowest BCUT2D eigenvalue weighted by molar-refractivity contribution is 0.457. The van der Waals surface area contributed by atoms with Gasteiger partial charge in [0.2, 0.25) is 0 Å². The largest absolute Gasteiger partial charge is 0.324 e. The van der Waals surface area contributed by atoms with E-state index < -0.39 is 10.8 Å². The summed E-state index contributed by atoms with van der Waals surface area (Å²) in [7, 11) is -0.708. The van der Waals surface area contributed by atoms with Crippen molar-refractivity contribution >= 4 is 33.4 Å². The molecule has 0 spiro atoms. The van der Waals surface area contributed by atoms with Crippen molar-refractivity contribution in [3.8, 4) is 0 Å². The number of benzene rings is 1. The van der Waals surface area contributed by atoms with Crippen LogP contribution in [0.3, 0.4) is 0 Å². The average Bonchev–Trinajstić information content (AvgIpc) is 2.79. The normalized spacial score (nSPS) is 24.4. The number of aryl methyl sites for hydroxylation is 1. The Bertz CT molecular complexity index is 703. The molecule has 0 radical (unpaired) electrons. The third kappa shape index (κ3) is 2.73. The molecule has 2 heterocycles. The van der Waals surface area contributed by atoms with Gasteiger partial charge in [0.05, 0.1) is 16.4 Å². The van der Waals surface area contributed by atoms with Gasteiger partial charge in [-0.15, -0.1) is 11.6 Å². The van der Waals surface area contributed by atoms with Crippen LogP contribution in [0.1, 0.15) is 42.6 Å². The van der Waals surface area contributed by atoms with Crippen LogP contribution in [0.4, 0.5) is 4.39 Å². The molecule has 114 valence electrons. The minimum absolute atomic E-state index is 0.242. The van der Waals surface area contributed by atoms with Crippen LogP contribution in [0, 0.1) is 12.7 Å². The molecule has 1 aliphatic heterocycles. The Morgan fingerprint density at radius 2 is 2.10 bits per heavy atom. The standard InChI is InChI=1S/C15H18ClFN2OS/c1-9-7-14-13(8-12(9)17)18-15(10(2)16)19(14)11-3-5-21(20)6-4-11/h7-8,10-11H,3-6H2,1-2H3. The van der Waals surface area contributed by atoms with Gasteiger partial charge in [0.1, 0.15) is 11.6 Å². The molecule has 0 saturated carbocycles. The molecule has 0 aliphatic carbocycles. The zero-order valence-electron chi connectivity index (χ0n) is 12.1. The van der Waals surface area contributed by atoms with Gasteiger partial charge in [0.25, 0.3) is 0 Å². The van der Waals surface area contributed by atoms with Gasteiger partial charge in [-0.05, 0) is 38.3 Å². The van der Waals surface area contributed by atoms with E-state index in [2.05, 4.69) is 9.55 Å². The van der Waals surface area contributed by atoms with Crippen molar-refractivity contribution in [1.29, 1.82) is 0 Å². The zero-order chi connectivity index (χ0) is 15.1. The maximum atomic E-state index is 13.8. The van der Waals surface area contributed by atoms with Gasteiger partial charge < -0.3 is 4.57 Å². The number of fused-ring (bicyclic) bond motifs is 1. The van der Waals surface area contributed by atoms with Gasteiger partial charge >= 0.3 is 0 Å². The highest BCUT2D eigenvalue weighted by Gasteiger charge is 2.25. The van der Waals surface area contributed by atoms with Gasteiger partial charge in [-0.2, -0.15) is 0 Å². The van der Waals surface area contributed by atoms with Crippen molar-refractivity contribution in [2.24, 2.45) is 0 Å². The Morgan fingerprint density at radius 1 is 1.43 bits per heavy atom. The van der Waals surface area contributed by atoms with Gasteiger partial charge in [-0.25, -0.2) is 9.37 Å². The first-order valence-corrected chi connectivity index (χ1v) is 9.07. The van der Waals surface area contributed by atoms with Crippen LogP contribution >= 0.6 is 11.6 Å². The summed E-state index contributed by atoms with van der Waals surface area (Å²) in [4.78, 5) is 4.52. The van der Waals surface area contributed by atoms with Crippen LogP contribution in [0.15, 0.2) is 12.1 Å². The SMILES string of the molecule is Cc1cc2c(cc1F)nc(C(C)Cl)n2C1CCS(=O)CC1. The third-order valence-corrected chi connectivity index (χ3v) is 5.65. The minimum atomic E-state index is -0.708. The molecule has 1 aromatic heterocycles. The fraction of sp³-hybridized carbons (Fsp3) is 0.533. The molecule has 1 aliphatic rings. The van der Waals surface area contributed by atoms with Gasteiger partial charge in [-0.3, -0.25) is 4.21 Å². The first-order valence-electron chi connectivity index (χ1n) is 7.14. The molecule has 1 unspecified atom stereocenters. The number of halogens is 2. The molecular weight excluding hydrogens is 311 g/mol. The molecule has 0 N–H and O–H groups in total.